The topological polar surface area (TPSA) is 62.1 Å². The normalized spacial score (nSPS) is 11.1. The number of nitrogens with one attached hydrogen (secondary N) is 1. The van der Waals surface area contributed by atoms with Crippen LogP contribution < -0.4 is 10.1 Å². The van der Waals surface area contributed by atoms with Gasteiger partial charge in [-0.15, -0.1) is 0 Å². The molecule has 0 spiro atoms. The lowest BCUT2D eigenvalue weighted by atomic mass is 10.1. The Morgan fingerprint density at radius 1 is 1.12 bits per heavy atom. The summed E-state index contributed by atoms with van der Waals surface area (Å²) in [6.45, 7) is 3.91. The van der Waals surface area contributed by atoms with E-state index in [0.29, 0.717) is 16.8 Å². The molecule has 0 atom stereocenters. The van der Waals surface area contributed by atoms with Gasteiger partial charge in [-0.25, -0.2) is 4.39 Å². The lowest BCUT2D eigenvalue weighted by Gasteiger charge is -2.12. The van der Waals surface area contributed by atoms with Crippen molar-refractivity contribution in [3.63, 3.8) is 0 Å². The summed E-state index contributed by atoms with van der Waals surface area (Å²) in [5.74, 6) is -0.682. The Bertz CT molecular complexity index is 1230. The predicted molar refractivity (Wildman–Crippen MR) is 125 cm³/mol. The van der Waals surface area contributed by atoms with Crippen LogP contribution in [0.25, 0.3) is 6.08 Å². The number of hydrogen-bond donors (Lipinski definition) is 1. The predicted octanol–water partition coefficient (Wildman–Crippen LogP) is 6.87. The SMILES string of the molecule is Cc1ccc(NC(=O)/C(C#N)=C/c2cc(Cl)c(OCc3cccc(F)c3)c(Cl)c2)c(C)c1. The minimum atomic E-state index is -0.543. The maximum absolute atomic E-state index is 13.3. The van der Waals surface area contributed by atoms with Crippen molar-refractivity contribution in [1.29, 1.82) is 5.26 Å². The molecule has 1 N–H and O–H groups in total. The second-order valence-electron chi connectivity index (χ2n) is 7.17. The van der Waals surface area contributed by atoms with E-state index in [-0.39, 0.29) is 33.8 Å². The molecule has 0 aliphatic carbocycles. The molecular weight excluding hydrogens is 450 g/mol. The summed E-state index contributed by atoms with van der Waals surface area (Å²) in [7, 11) is 0. The Morgan fingerprint density at radius 3 is 2.47 bits per heavy atom. The fraction of sp³-hybridized carbons (Fsp3) is 0.120. The molecule has 0 unspecified atom stereocenters. The van der Waals surface area contributed by atoms with E-state index in [4.69, 9.17) is 27.9 Å². The molecule has 0 saturated carbocycles. The van der Waals surface area contributed by atoms with Crippen LogP contribution in [0.3, 0.4) is 0 Å². The van der Waals surface area contributed by atoms with Crippen molar-refractivity contribution in [3.8, 4) is 11.8 Å². The number of hydrogen-bond acceptors (Lipinski definition) is 3. The quantitative estimate of drug-likeness (QED) is 0.316. The summed E-state index contributed by atoms with van der Waals surface area (Å²) in [6, 6.07) is 16.6. The first kappa shape index (κ1) is 23.3. The maximum atomic E-state index is 13.3. The third kappa shape index (κ3) is 5.88. The Balaban J connectivity index is 1.78. The molecule has 0 saturated heterocycles. The highest BCUT2D eigenvalue weighted by molar-refractivity contribution is 6.37. The summed E-state index contributed by atoms with van der Waals surface area (Å²) in [5, 5.41) is 12.6. The molecule has 4 nitrogen and oxygen atoms in total. The number of carbonyl (C=O) groups excluding carboxylic acids is 1. The van der Waals surface area contributed by atoms with E-state index < -0.39 is 5.91 Å². The molecule has 32 heavy (non-hydrogen) atoms. The van der Waals surface area contributed by atoms with Crippen molar-refractivity contribution in [2.45, 2.75) is 20.5 Å². The zero-order valence-electron chi connectivity index (χ0n) is 17.4. The van der Waals surface area contributed by atoms with E-state index in [2.05, 4.69) is 5.32 Å². The molecule has 0 heterocycles. The molecule has 0 aliphatic heterocycles. The van der Waals surface area contributed by atoms with Crippen molar-refractivity contribution in [2.24, 2.45) is 0 Å². The monoisotopic (exact) mass is 468 g/mol. The molecule has 3 aromatic carbocycles. The van der Waals surface area contributed by atoms with Gasteiger partial charge in [-0.2, -0.15) is 5.26 Å². The van der Waals surface area contributed by atoms with Crippen LogP contribution in [0.5, 0.6) is 5.75 Å². The number of nitrogens with zero attached hydrogens (tertiary/aromatic N) is 1. The third-order valence-electron chi connectivity index (χ3n) is 4.60. The second kappa shape index (κ2) is 10.3. The van der Waals surface area contributed by atoms with Gasteiger partial charge in [-0.3, -0.25) is 4.79 Å². The van der Waals surface area contributed by atoms with Gasteiger partial charge >= 0.3 is 0 Å². The highest BCUT2D eigenvalue weighted by atomic mass is 35.5. The molecule has 7 heteroatoms. The van der Waals surface area contributed by atoms with Crippen molar-refractivity contribution in [2.75, 3.05) is 5.32 Å². The molecular formula is C25H19Cl2FN2O2. The standard InChI is InChI=1S/C25H19Cl2FN2O2/c1-15-6-7-23(16(2)8-15)30-25(31)19(13-29)9-18-11-21(26)24(22(27)12-18)32-14-17-4-3-5-20(28)10-17/h3-12H,14H2,1-2H3,(H,30,31)/b19-9+. The molecule has 0 aliphatic rings. The fourth-order valence-corrected chi connectivity index (χ4v) is 3.65. The third-order valence-corrected chi connectivity index (χ3v) is 5.16. The summed E-state index contributed by atoms with van der Waals surface area (Å²) in [6.07, 6.45) is 1.40. The number of benzene rings is 3. The van der Waals surface area contributed by atoms with Gasteiger partial charge in [0.1, 0.15) is 24.1 Å². The van der Waals surface area contributed by atoms with Crippen LogP contribution in [0.4, 0.5) is 10.1 Å². The molecule has 0 fully saturated rings. The van der Waals surface area contributed by atoms with Gasteiger partial charge in [-0.05, 0) is 66.9 Å². The Hall–Kier alpha value is -3.33. The first-order chi connectivity index (χ1) is 15.3. The molecule has 0 radical (unpaired) electrons. The van der Waals surface area contributed by atoms with Gasteiger partial charge in [0.25, 0.3) is 5.91 Å². The van der Waals surface area contributed by atoms with Crippen molar-refractivity contribution < 1.29 is 13.9 Å². The molecule has 1 amide bonds. The van der Waals surface area contributed by atoms with E-state index in [0.717, 1.165) is 11.1 Å². The van der Waals surface area contributed by atoms with Crippen LogP contribution in [-0.2, 0) is 11.4 Å². The van der Waals surface area contributed by atoms with Crippen LogP contribution in [0, 0.1) is 31.0 Å². The lowest BCUT2D eigenvalue weighted by molar-refractivity contribution is -0.112. The summed E-state index contributed by atoms with van der Waals surface area (Å²) in [5.41, 5.74) is 3.56. The Labute approximate surface area is 195 Å². The van der Waals surface area contributed by atoms with Crippen LogP contribution in [-0.4, -0.2) is 5.91 Å². The summed E-state index contributed by atoms with van der Waals surface area (Å²) >= 11 is 12.6. The average Bonchev–Trinajstić information content (AvgIpc) is 2.73. The number of rotatable bonds is 6. The van der Waals surface area contributed by atoms with Gasteiger partial charge in [0, 0.05) is 5.69 Å². The van der Waals surface area contributed by atoms with Gasteiger partial charge < -0.3 is 10.1 Å². The number of nitriles is 1. The van der Waals surface area contributed by atoms with E-state index in [1.54, 1.807) is 18.2 Å². The number of anilines is 1. The molecule has 3 rings (SSSR count). The number of amides is 1. The fourth-order valence-electron chi connectivity index (χ4n) is 3.04. The van der Waals surface area contributed by atoms with E-state index in [1.165, 1.54) is 30.3 Å². The first-order valence-corrected chi connectivity index (χ1v) is 10.4. The number of aryl methyl sites for hydroxylation is 2. The molecule has 162 valence electrons. The lowest BCUT2D eigenvalue weighted by Crippen LogP contribution is -2.14. The first-order valence-electron chi connectivity index (χ1n) is 9.63. The maximum Gasteiger partial charge on any atom is 0.266 e. The van der Waals surface area contributed by atoms with Crippen LogP contribution in [0.2, 0.25) is 10.0 Å². The van der Waals surface area contributed by atoms with Gasteiger partial charge in [0.15, 0.2) is 5.75 Å². The Kier molecular flexibility index (Phi) is 7.53. The van der Waals surface area contributed by atoms with Crippen LogP contribution in [0.1, 0.15) is 22.3 Å². The van der Waals surface area contributed by atoms with Crippen molar-refractivity contribution in [1.82, 2.24) is 0 Å². The molecule has 0 aromatic heterocycles. The number of halogens is 3. The number of carbonyl (C=O) groups is 1. The van der Waals surface area contributed by atoms with Gasteiger partial charge in [0.05, 0.1) is 10.0 Å². The average molecular weight is 469 g/mol. The minimum absolute atomic E-state index is 0.0775. The van der Waals surface area contributed by atoms with Gasteiger partial charge in [0.2, 0.25) is 0 Å². The number of ether oxygens (including phenoxy) is 1. The van der Waals surface area contributed by atoms with Crippen molar-refractivity contribution in [3.05, 3.63) is 98.3 Å². The molecule has 0 bridgehead atoms. The van der Waals surface area contributed by atoms with E-state index in [1.807, 2.05) is 32.0 Å². The van der Waals surface area contributed by atoms with E-state index in [9.17, 15) is 14.4 Å². The van der Waals surface area contributed by atoms with Crippen LogP contribution in [0.15, 0.2) is 60.2 Å². The smallest absolute Gasteiger partial charge is 0.266 e. The van der Waals surface area contributed by atoms with Crippen molar-refractivity contribution >= 4 is 40.9 Å². The zero-order valence-corrected chi connectivity index (χ0v) is 18.9. The van der Waals surface area contributed by atoms with Gasteiger partial charge in [-0.1, -0.05) is 53.0 Å². The summed E-state index contributed by atoms with van der Waals surface area (Å²) in [4.78, 5) is 12.6. The largest absolute Gasteiger partial charge is 0.486 e. The highest BCUT2D eigenvalue weighted by Gasteiger charge is 2.14. The Morgan fingerprint density at radius 2 is 1.84 bits per heavy atom. The summed E-state index contributed by atoms with van der Waals surface area (Å²) < 4.78 is 19.0. The van der Waals surface area contributed by atoms with E-state index >= 15 is 0 Å². The second-order valence-corrected chi connectivity index (χ2v) is 7.99. The zero-order chi connectivity index (χ0) is 23.3. The van der Waals surface area contributed by atoms with Crippen LogP contribution >= 0.6 is 23.2 Å². The minimum Gasteiger partial charge on any atom is -0.486 e. The highest BCUT2D eigenvalue weighted by Crippen LogP contribution is 2.35. The molecule has 3 aromatic rings.